The van der Waals surface area contributed by atoms with Gasteiger partial charge in [-0.2, -0.15) is 5.10 Å². The summed E-state index contributed by atoms with van der Waals surface area (Å²) in [7, 11) is 1.55. The molecular formula is C18H17Cl3N2O4. The minimum absolute atomic E-state index is 0.179. The summed E-state index contributed by atoms with van der Waals surface area (Å²) in [4.78, 5) is 11.9. The van der Waals surface area contributed by atoms with Crippen molar-refractivity contribution >= 4 is 46.9 Å². The fourth-order valence-electron chi connectivity index (χ4n) is 2.05. The van der Waals surface area contributed by atoms with E-state index in [9.17, 15) is 4.79 Å². The second kappa shape index (κ2) is 10.3. The fourth-order valence-corrected chi connectivity index (χ4v) is 2.98. The van der Waals surface area contributed by atoms with E-state index in [1.807, 2.05) is 6.92 Å². The van der Waals surface area contributed by atoms with Gasteiger partial charge in [-0.1, -0.05) is 34.8 Å². The predicted molar refractivity (Wildman–Crippen MR) is 107 cm³/mol. The molecule has 0 radical (unpaired) electrons. The maximum absolute atomic E-state index is 11.9. The number of carbonyl (C=O) groups is 1. The van der Waals surface area contributed by atoms with Gasteiger partial charge in [-0.25, -0.2) is 5.43 Å². The van der Waals surface area contributed by atoms with Crippen LogP contribution in [-0.2, 0) is 4.79 Å². The zero-order valence-electron chi connectivity index (χ0n) is 14.6. The van der Waals surface area contributed by atoms with E-state index in [-0.39, 0.29) is 22.4 Å². The molecule has 0 saturated heterocycles. The molecule has 27 heavy (non-hydrogen) atoms. The highest BCUT2D eigenvalue weighted by atomic mass is 35.5. The van der Waals surface area contributed by atoms with E-state index >= 15 is 0 Å². The first-order valence-electron chi connectivity index (χ1n) is 7.84. The smallest absolute Gasteiger partial charge is 0.277 e. The molecule has 0 aromatic heterocycles. The first kappa shape index (κ1) is 21.2. The van der Waals surface area contributed by atoms with Crippen LogP contribution in [0.2, 0.25) is 15.1 Å². The summed E-state index contributed by atoms with van der Waals surface area (Å²) >= 11 is 17.8. The Bertz CT molecular complexity index is 820. The zero-order chi connectivity index (χ0) is 19.8. The molecule has 2 aromatic carbocycles. The van der Waals surface area contributed by atoms with Crippen LogP contribution in [0.4, 0.5) is 0 Å². The van der Waals surface area contributed by atoms with Crippen LogP contribution in [0.15, 0.2) is 35.4 Å². The number of ether oxygens (including phenoxy) is 3. The molecule has 0 aliphatic heterocycles. The summed E-state index contributed by atoms with van der Waals surface area (Å²) in [5.41, 5.74) is 3.07. The van der Waals surface area contributed by atoms with Crippen LogP contribution in [-0.4, -0.2) is 32.4 Å². The highest BCUT2D eigenvalue weighted by Gasteiger charge is 2.11. The summed E-state index contributed by atoms with van der Waals surface area (Å²) in [6.45, 7) is 2.10. The Morgan fingerprint density at radius 1 is 1.11 bits per heavy atom. The monoisotopic (exact) mass is 430 g/mol. The molecule has 0 heterocycles. The summed E-state index contributed by atoms with van der Waals surface area (Å²) in [5, 5.41) is 4.67. The number of hydrogen-bond acceptors (Lipinski definition) is 5. The summed E-state index contributed by atoms with van der Waals surface area (Å²) in [6, 6.07) is 8.23. The molecule has 1 amide bonds. The van der Waals surface area contributed by atoms with E-state index in [0.29, 0.717) is 23.1 Å². The summed E-state index contributed by atoms with van der Waals surface area (Å²) in [6.07, 6.45) is 1.47. The van der Waals surface area contributed by atoms with Gasteiger partial charge in [-0.3, -0.25) is 4.79 Å². The number of methoxy groups -OCH3 is 1. The summed E-state index contributed by atoms with van der Waals surface area (Å²) < 4.78 is 16.0. The number of nitrogens with one attached hydrogen (secondary N) is 1. The molecule has 0 bridgehead atoms. The number of halogens is 3. The molecule has 9 heteroatoms. The van der Waals surface area contributed by atoms with Crippen molar-refractivity contribution in [2.75, 3.05) is 20.3 Å². The Morgan fingerprint density at radius 2 is 1.81 bits per heavy atom. The highest BCUT2D eigenvalue weighted by Crippen LogP contribution is 2.35. The second-order valence-corrected chi connectivity index (χ2v) is 6.37. The average Bonchev–Trinajstić information content (AvgIpc) is 2.62. The highest BCUT2D eigenvalue weighted by molar-refractivity contribution is 6.40. The lowest BCUT2D eigenvalue weighted by Gasteiger charge is -2.10. The van der Waals surface area contributed by atoms with Crippen LogP contribution in [0, 0.1) is 0 Å². The van der Waals surface area contributed by atoms with Crippen LogP contribution >= 0.6 is 34.8 Å². The van der Waals surface area contributed by atoms with Crippen molar-refractivity contribution in [2.24, 2.45) is 5.10 Å². The largest absolute Gasteiger partial charge is 0.493 e. The van der Waals surface area contributed by atoms with E-state index in [1.54, 1.807) is 25.3 Å². The molecule has 0 spiro atoms. The Balaban J connectivity index is 1.92. The number of hydrazone groups is 1. The van der Waals surface area contributed by atoms with E-state index in [4.69, 9.17) is 49.0 Å². The zero-order valence-corrected chi connectivity index (χ0v) is 16.9. The molecule has 144 valence electrons. The first-order chi connectivity index (χ1) is 12.9. The lowest BCUT2D eigenvalue weighted by molar-refractivity contribution is -0.123. The van der Waals surface area contributed by atoms with Gasteiger partial charge in [-0.15, -0.1) is 0 Å². The molecule has 0 aliphatic carbocycles. The molecule has 1 N–H and O–H groups in total. The number of rotatable bonds is 8. The van der Waals surface area contributed by atoms with E-state index < -0.39 is 5.91 Å². The Morgan fingerprint density at radius 3 is 2.44 bits per heavy atom. The SMILES string of the molecule is CCOc1ccc(C=NNC(=O)COc2c(Cl)cc(Cl)cc2Cl)cc1OC. The first-order valence-corrected chi connectivity index (χ1v) is 8.98. The van der Waals surface area contributed by atoms with Gasteiger partial charge in [0.15, 0.2) is 23.9 Å². The average molecular weight is 432 g/mol. The van der Waals surface area contributed by atoms with Gasteiger partial charge in [0.2, 0.25) is 0 Å². The van der Waals surface area contributed by atoms with Crippen molar-refractivity contribution in [3.05, 3.63) is 51.0 Å². The third-order valence-corrected chi connectivity index (χ3v) is 3.98. The van der Waals surface area contributed by atoms with Gasteiger partial charge in [-0.05, 0) is 42.8 Å². The number of benzene rings is 2. The molecule has 2 aromatic rings. The minimum atomic E-state index is -0.480. The standard InChI is InChI=1S/C18H17Cl3N2O4/c1-3-26-15-5-4-11(6-16(15)25-2)9-22-23-17(24)10-27-18-13(20)7-12(19)8-14(18)21/h4-9H,3,10H2,1-2H3,(H,23,24). The van der Waals surface area contributed by atoms with Gasteiger partial charge < -0.3 is 14.2 Å². The van der Waals surface area contributed by atoms with Crippen LogP contribution in [0.1, 0.15) is 12.5 Å². The number of amides is 1. The normalized spacial score (nSPS) is 10.7. The van der Waals surface area contributed by atoms with Gasteiger partial charge in [0.05, 0.1) is 30.0 Å². The van der Waals surface area contributed by atoms with Crippen LogP contribution < -0.4 is 19.6 Å². The van der Waals surface area contributed by atoms with Crippen molar-refractivity contribution in [3.63, 3.8) is 0 Å². The van der Waals surface area contributed by atoms with E-state index in [1.165, 1.54) is 18.3 Å². The molecule has 0 unspecified atom stereocenters. The third kappa shape index (κ3) is 6.20. The Kier molecular flexibility index (Phi) is 8.03. The van der Waals surface area contributed by atoms with Crippen LogP contribution in [0.3, 0.4) is 0 Å². The summed E-state index contributed by atoms with van der Waals surface area (Å²) in [5.74, 6) is 0.901. The van der Waals surface area contributed by atoms with Crippen molar-refractivity contribution in [3.8, 4) is 17.2 Å². The maximum atomic E-state index is 11.9. The van der Waals surface area contributed by atoms with Crippen molar-refractivity contribution in [1.29, 1.82) is 0 Å². The van der Waals surface area contributed by atoms with Crippen molar-refractivity contribution in [1.82, 2.24) is 5.43 Å². The molecular weight excluding hydrogens is 415 g/mol. The fraction of sp³-hybridized carbons (Fsp3) is 0.222. The van der Waals surface area contributed by atoms with E-state index in [0.717, 1.165) is 5.56 Å². The number of carbonyl (C=O) groups excluding carboxylic acids is 1. The maximum Gasteiger partial charge on any atom is 0.277 e. The minimum Gasteiger partial charge on any atom is -0.493 e. The van der Waals surface area contributed by atoms with E-state index in [2.05, 4.69) is 10.5 Å². The quantitative estimate of drug-likeness (QED) is 0.490. The second-order valence-electron chi connectivity index (χ2n) is 5.12. The van der Waals surface area contributed by atoms with Crippen molar-refractivity contribution in [2.45, 2.75) is 6.92 Å². The number of nitrogens with zero attached hydrogens (tertiary/aromatic N) is 1. The lowest BCUT2D eigenvalue weighted by atomic mass is 10.2. The Hall–Kier alpha value is -2.15. The van der Waals surface area contributed by atoms with Gasteiger partial charge in [0, 0.05) is 5.02 Å². The van der Waals surface area contributed by atoms with Crippen molar-refractivity contribution < 1.29 is 19.0 Å². The molecule has 2 rings (SSSR count). The molecule has 0 atom stereocenters. The third-order valence-electron chi connectivity index (χ3n) is 3.20. The Labute approximate surface area is 172 Å². The van der Waals surface area contributed by atoms with Crippen LogP contribution in [0.5, 0.6) is 17.2 Å². The number of hydrogen-bond donors (Lipinski definition) is 1. The van der Waals surface area contributed by atoms with Gasteiger partial charge in [0.1, 0.15) is 0 Å². The van der Waals surface area contributed by atoms with Crippen LogP contribution in [0.25, 0.3) is 0 Å². The molecule has 0 saturated carbocycles. The van der Waals surface area contributed by atoms with Gasteiger partial charge >= 0.3 is 0 Å². The van der Waals surface area contributed by atoms with Gasteiger partial charge in [0.25, 0.3) is 5.91 Å². The molecule has 0 aliphatic rings. The lowest BCUT2D eigenvalue weighted by Crippen LogP contribution is -2.24. The molecule has 6 nitrogen and oxygen atoms in total. The molecule has 0 fully saturated rings. The predicted octanol–water partition coefficient (Wildman–Crippen LogP) is 4.58. The topological polar surface area (TPSA) is 69.2 Å².